The van der Waals surface area contributed by atoms with E-state index < -0.39 is 0 Å². The van der Waals surface area contributed by atoms with Crippen LogP contribution in [0.2, 0.25) is 0 Å². The quantitative estimate of drug-likeness (QED) is 0.889. The number of hydrogen-bond donors (Lipinski definition) is 1. The third-order valence-electron chi connectivity index (χ3n) is 4.24. The summed E-state index contributed by atoms with van der Waals surface area (Å²) < 4.78 is 0. The molecule has 1 aromatic rings. The van der Waals surface area contributed by atoms with E-state index in [4.69, 9.17) is 5.73 Å². The van der Waals surface area contributed by atoms with Crippen molar-refractivity contribution in [1.29, 1.82) is 0 Å². The fraction of sp³-hybridized carbons (Fsp3) is 0.667. The average molecular weight is 247 g/mol. The van der Waals surface area contributed by atoms with Crippen LogP contribution in [0.1, 0.15) is 43.9 Å². The lowest BCUT2D eigenvalue weighted by molar-refractivity contribution is 0.131. The summed E-state index contributed by atoms with van der Waals surface area (Å²) in [4.78, 5) is 6.95. The van der Waals surface area contributed by atoms with Gasteiger partial charge in [-0.25, -0.2) is 0 Å². The van der Waals surface area contributed by atoms with E-state index in [9.17, 15) is 0 Å². The van der Waals surface area contributed by atoms with Gasteiger partial charge < -0.3 is 5.73 Å². The Labute approximate surface area is 110 Å². The maximum Gasteiger partial charge on any atom is 0.0588 e. The lowest BCUT2D eigenvalue weighted by atomic mass is 9.85. The van der Waals surface area contributed by atoms with Gasteiger partial charge in [0, 0.05) is 25.3 Å². The number of pyridine rings is 1. The zero-order chi connectivity index (χ0) is 13.0. The second kappa shape index (κ2) is 6.30. The fourth-order valence-electron chi connectivity index (χ4n) is 3.10. The molecular weight excluding hydrogens is 222 g/mol. The van der Waals surface area contributed by atoms with Crippen molar-refractivity contribution in [2.45, 2.75) is 51.7 Å². The molecule has 0 bridgehead atoms. The average Bonchev–Trinajstić information content (AvgIpc) is 2.39. The Morgan fingerprint density at radius 3 is 2.89 bits per heavy atom. The smallest absolute Gasteiger partial charge is 0.0588 e. The number of aromatic nitrogens is 1. The normalized spacial score (nSPS) is 24.4. The zero-order valence-electron chi connectivity index (χ0n) is 11.6. The third kappa shape index (κ3) is 3.09. The summed E-state index contributed by atoms with van der Waals surface area (Å²) in [5.41, 5.74) is 8.09. The van der Waals surface area contributed by atoms with Crippen LogP contribution in [0.5, 0.6) is 0 Å². The molecule has 1 aromatic heterocycles. The van der Waals surface area contributed by atoms with Gasteiger partial charge in [0.1, 0.15) is 0 Å². The van der Waals surface area contributed by atoms with E-state index >= 15 is 0 Å². The van der Waals surface area contributed by atoms with Gasteiger partial charge in [-0.05, 0) is 37.4 Å². The highest BCUT2D eigenvalue weighted by Gasteiger charge is 2.25. The van der Waals surface area contributed by atoms with Gasteiger partial charge in [-0.3, -0.25) is 9.88 Å². The molecule has 0 aliphatic heterocycles. The van der Waals surface area contributed by atoms with Crippen LogP contribution >= 0.6 is 0 Å². The Balaban J connectivity index is 2.03. The summed E-state index contributed by atoms with van der Waals surface area (Å²) in [6.45, 7) is 3.88. The molecule has 1 aliphatic carbocycles. The minimum Gasteiger partial charge on any atom is -0.326 e. The highest BCUT2D eigenvalue weighted by molar-refractivity contribution is 5.19. The molecule has 0 radical (unpaired) electrons. The molecule has 2 atom stereocenters. The van der Waals surface area contributed by atoms with Crippen LogP contribution in [0.4, 0.5) is 0 Å². The molecule has 3 heteroatoms. The molecule has 1 heterocycles. The molecule has 100 valence electrons. The van der Waals surface area contributed by atoms with Crippen molar-refractivity contribution in [3.05, 3.63) is 29.6 Å². The Morgan fingerprint density at radius 2 is 2.17 bits per heavy atom. The monoisotopic (exact) mass is 247 g/mol. The molecule has 1 aliphatic rings. The molecule has 2 rings (SSSR count). The van der Waals surface area contributed by atoms with Crippen LogP contribution < -0.4 is 5.73 Å². The van der Waals surface area contributed by atoms with Crippen LogP contribution in [0.3, 0.4) is 0 Å². The van der Waals surface area contributed by atoms with Crippen LogP contribution in [0.15, 0.2) is 18.3 Å². The van der Waals surface area contributed by atoms with Gasteiger partial charge in [0.15, 0.2) is 0 Å². The van der Waals surface area contributed by atoms with Gasteiger partial charge in [0.25, 0.3) is 0 Å². The standard InChI is InChI=1S/C15H25N3/c1-12-6-3-4-8-15(12)18(2)11-14-13(10-16)7-5-9-17-14/h5,7,9,12,15H,3-4,6,8,10-11,16H2,1-2H3. The molecule has 1 fully saturated rings. The molecule has 2 unspecified atom stereocenters. The molecule has 2 N–H and O–H groups in total. The van der Waals surface area contributed by atoms with E-state index in [-0.39, 0.29) is 0 Å². The molecule has 0 aromatic carbocycles. The first-order valence-electron chi connectivity index (χ1n) is 7.05. The van der Waals surface area contributed by atoms with Crippen LogP contribution in [-0.2, 0) is 13.1 Å². The van der Waals surface area contributed by atoms with Crippen LogP contribution in [0, 0.1) is 5.92 Å². The van der Waals surface area contributed by atoms with Crippen molar-refractivity contribution in [3.63, 3.8) is 0 Å². The summed E-state index contributed by atoms with van der Waals surface area (Å²) in [7, 11) is 2.22. The molecular formula is C15H25N3. The number of hydrogen-bond acceptors (Lipinski definition) is 3. The predicted molar refractivity (Wildman–Crippen MR) is 75.0 cm³/mol. The molecule has 1 saturated carbocycles. The highest BCUT2D eigenvalue weighted by Crippen LogP contribution is 2.28. The minimum atomic E-state index is 0.581. The minimum absolute atomic E-state index is 0.581. The van der Waals surface area contributed by atoms with E-state index in [0.717, 1.165) is 18.2 Å². The van der Waals surface area contributed by atoms with Gasteiger partial charge in [0.05, 0.1) is 5.69 Å². The first kappa shape index (κ1) is 13.5. The second-order valence-electron chi connectivity index (χ2n) is 5.56. The van der Waals surface area contributed by atoms with Crippen molar-refractivity contribution in [2.75, 3.05) is 7.05 Å². The van der Waals surface area contributed by atoms with Crippen molar-refractivity contribution in [1.82, 2.24) is 9.88 Å². The Bertz CT molecular complexity index is 378. The third-order valence-corrected chi connectivity index (χ3v) is 4.24. The van der Waals surface area contributed by atoms with Gasteiger partial charge >= 0.3 is 0 Å². The Morgan fingerprint density at radius 1 is 1.39 bits per heavy atom. The molecule has 0 saturated heterocycles. The van der Waals surface area contributed by atoms with E-state index in [1.165, 1.54) is 31.2 Å². The van der Waals surface area contributed by atoms with Crippen molar-refractivity contribution in [3.8, 4) is 0 Å². The van der Waals surface area contributed by atoms with Crippen LogP contribution in [-0.4, -0.2) is 23.0 Å². The summed E-state index contributed by atoms with van der Waals surface area (Å²) in [5, 5.41) is 0. The van der Waals surface area contributed by atoms with Crippen LogP contribution in [0.25, 0.3) is 0 Å². The fourth-order valence-corrected chi connectivity index (χ4v) is 3.10. The maximum atomic E-state index is 5.77. The lowest BCUT2D eigenvalue weighted by Crippen LogP contribution is -2.38. The van der Waals surface area contributed by atoms with Crippen molar-refractivity contribution < 1.29 is 0 Å². The summed E-state index contributed by atoms with van der Waals surface area (Å²) in [6, 6.07) is 4.75. The molecule has 0 spiro atoms. The lowest BCUT2D eigenvalue weighted by Gasteiger charge is -2.36. The SMILES string of the molecule is CC1CCCCC1N(C)Cc1ncccc1CN. The summed E-state index contributed by atoms with van der Waals surface area (Å²) in [6.07, 6.45) is 7.31. The molecule has 0 amide bonds. The van der Waals surface area contributed by atoms with Gasteiger partial charge in [-0.15, -0.1) is 0 Å². The molecule has 3 nitrogen and oxygen atoms in total. The highest BCUT2D eigenvalue weighted by atomic mass is 15.1. The van der Waals surface area contributed by atoms with E-state index in [1.807, 2.05) is 12.3 Å². The van der Waals surface area contributed by atoms with Crippen molar-refractivity contribution >= 4 is 0 Å². The largest absolute Gasteiger partial charge is 0.326 e. The van der Waals surface area contributed by atoms with E-state index in [2.05, 4.69) is 29.9 Å². The van der Waals surface area contributed by atoms with Gasteiger partial charge in [0.2, 0.25) is 0 Å². The number of rotatable bonds is 4. The first-order valence-corrected chi connectivity index (χ1v) is 7.05. The zero-order valence-corrected chi connectivity index (χ0v) is 11.6. The number of nitrogens with zero attached hydrogens (tertiary/aromatic N) is 2. The second-order valence-corrected chi connectivity index (χ2v) is 5.56. The maximum absolute atomic E-state index is 5.77. The summed E-state index contributed by atoms with van der Waals surface area (Å²) >= 11 is 0. The molecule has 18 heavy (non-hydrogen) atoms. The summed E-state index contributed by atoms with van der Waals surface area (Å²) in [5.74, 6) is 0.800. The predicted octanol–water partition coefficient (Wildman–Crippen LogP) is 2.55. The van der Waals surface area contributed by atoms with E-state index in [1.54, 1.807) is 0 Å². The van der Waals surface area contributed by atoms with Gasteiger partial charge in [-0.2, -0.15) is 0 Å². The topological polar surface area (TPSA) is 42.2 Å². The van der Waals surface area contributed by atoms with Gasteiger partial charge in [-0.1, -0.05) is 25.8 Å². The van der Waals surface area contributed by atoms with Crippen molar-refractivity contribution in [2.24, 2.45) is 11.7 Å². The number of nitrogens with two attached hydrogens (primary N) is 1. The van der Waals surface area contributed by atoms with E-state index in [0.29, 0.717) is 12.6 Å². The Kier molecular flexibility index (Phi) is 4.72. The first-order chi connectivity index (χ1) is 8.72. The Hall–Kier alpha value is -0.930.